The summed E-state index contributed by atoms with van der Waals surface area (Å²) in [5.74, 6) is -1.01. The molecule has 0 fully saturated rings. The Bertz CT molecular complexity index is 779. The second kappa shape index (κ2) is 8.49. The van der Waals surface area contributed by atoms with Crippen molar-refractivity contribution in [1.82, 2.24) is 5.32 Å². The van der Waals surface area contributed by atoms with E-state index in [9.17, 15) is 9.59 Å². The molecule has 0 bridgehead atoms. The van der Waals surface area contributed by atoms with Gasteiger partial charge in [0, 0.05) is 6.92 Å². The fraction of sp³-hybridized carbons (Fsp3) is 0.100. The maximum Gasteiger partial charge on any atom is 0.352 e. The van der Waals surface area contributed by atoms with Gasteiger partial charge in [-0.1, -0.05) is 49.0 Å². The molecule has 0 spiro atoms. The number of nitrogens with one attached hydrogen (secondary N) is 1. The quantitative estimate of drug-likeness (QED) is 0.598. The molecule has 1 unspecified atom stereocenters. The lowest BCUT2D eigenvalue weighted by molar-refractivity contribution is -0.134. The predicted molar refractivity (Wildman–Crippen MR) is 95.9 cm³/mol. The summed E-state index contributed by atoms with van der Waals surface area (Å²) in [5.41, 5.74) is 1.43. The van der Waals surface area contributed by atoms with Crippen LogP contribution in [0.3, 0.4) is 0 Å². The van der Waals surface area contributed by atoms with Gasteiger partial charge in [0.1, 0.15) is 17.6 Å². The van der Waals surface area contributed by atoms with E-state index in [0.29, 0.717) is 11.3 Å². The molecule has 1 amide bonds. The summed E-state index contributed by atoms with van der Waals surface area (Å²) in [6, 6.07) is 16.6. The normalized spacial score (nSPS) is 12.1. The van der Waals surface area contributed by atoms with Crippen LogP contribution in [-0.2, 0) is 9.59 Å². The molecule has 25 heavy (non-hydrogen) atoms. The van der Waals surface area contributed by atoms with E-state index in [0.717, 1.165) is 5.56 Å². The van der Waals surface area contributed by atoms with Gasteiger partial charge in [0.25, 0.3) is 0 Å². The number of amides is 1. The fourth-order valence-corrected chi connectivity index (χ4v) is 2.19. The molecule has 128 valence electrons. The van der Waals surface area contributed by atoms with Gasteiger partial charge < -0.3 is 15.2 Å². The molecule has 0 radical (unpaired) electrons. The zero-order valence-corrected chi connectivity index (χ0v) is 13.8. The summed E-state index contributed by atoms with van der Waals surface area (Å²) in [4.78, 5) is 22.2. The molecule has 0 aliphatic rings. The number of carbonyl (C=O) groups excluding carboxylic acids is 1. The Hall–Kier alpha value is -3.34. The van der Waals surface area contributed by atoms with E-state index >= 15 is 0 Å². The molecule has 0 aliphatic carbocycles. The first kappa shape index (κ1) is 18.0. The van der Waals surface area contributed by atoms with Crippen LogP contribution < -0.4 is 10.1 Å². The van der Waals surface area contributed by atoms with Gasteiger partial charge in [-0.15, -0.1) is 0 Å². The standard InChI is InChI=1S/C20H19NO4/c1-3-19(16-7-5-4-6-8-16)25-17-11-9-15(10-12-17)13-18(20(23)24)21-14(2)22/h3-13,19H,1H2,2H3,(H,21,22)(H,23,24). The Kier molecular flexibility index (Phi) is 6.12. The molecule has 0 aliphatic heterocycles. The van der Waals surface area contributed by atoms with Crippen molar-refractivity contribution in [2.75, 3.05) is 0 Å². The molecular formula is C20H19NO4. The minimum absolute atomic E-state index is 0.186. The van der Waals surface area contributed by atoms with E-state index < -0.39 is 11.9 Å². The van der Waals surface area contributed by atoms with Crippen molar-refractivity contribution in [1.29, 1.82) is 0 Å². The average Bonchev–Trinajstić information content (AvgIpc) is 2.60. The zero-order valence-electron chi connectivity index (χ0n) is 13.8. The lowest BCUT2D eigenvalue weighted by Crippen LogP contribution is -2.24. The van der Waals surface area contributed by atoms with Crippen LogP contribution in [0.25, 0.3) is 6.08 Å². The van der Waals surface area contributed by atoms with Crippen molar-refractivity contribution < 1.29 is 19.4 Å². The lowest BCUT2D eigenvalue weighted by Gasteiger charge is -2.16. The highest BCUT2D eigenvalue weighted by Crippen LogP contribution is 2.23. The molecular weight excluding hydrogens is 318 g/mol. The van der Waals surface area contributed by atoms with Crippen LogP contribution in [0, 0.1) is 0 Å². The highest BCUT2D eigenvalue weighted by atomic mass is 16.5. The predicted octanol–water partition coefficient (Wildman–Crippen LogP) is 3.55. The highest BCUT2D eigenvalue weighted by Gasteiger charge is 2.10. The average molecular weight is 337 g/mol. The van der Waals surface area contributed by atoms with Crippen LogP contribution in [0.1, 0.15) is 24.2 Å². The van der Waals surface area contributed by atoms with Crippen molar-refractivity contribution in [2.24, 2.45) is 0 Å². The number of hydrogen-bond acceptors (Lipinski definition) is 3. The molecule has 0 saturated carbocycles. The largest absolute Gasteiger partial charge is 0.482 e. The molecule has 2 rings (SSSR count). The molecule has 2 aromatic rings. The molecule has 1 atom stereocenters. The number of carboxylic acid groups (broad SMARTS) is 1. The molecule has 2 aromatic carbocycles. The van der Waals surface area contributed by atoms with Crippen molar-refractivity contribution in [3.8, 4) is 5.75 Å². The van der Waals surface area contributed by atoms with Crippen LogP contribution in [0.5, 0.6) is 5.75 Å². The summed E-state index contributed by atoms with van der Waals surface area (Å²) in [6.07, 6.45) is 2.81. The number of carbonyl (C=O) groups is 2. The van der Waals surface area contributed by atoms with Gasteiger partial charge in [-0.25, -0.2) is 4.79 Å². The Labute approximate surface area is 146 Å². The third-order valence-electron chi connectivity index (χ3n) is 3.34. The monoisotopic (exact) mass is 337 g/mol. The minimum Gasteiger partial charge on any atom is -0.482 e. The van der Waals surface area contributed by atoms with Gasteiger partial charge in [-0.3, -0.25) is 4.79 Å². The van der Waals surface area contributed by atoms with Crippen LogP contribution in [-0.4, -0.2) is 17.0 Å². The van der Waals surface area contributed by atoms with E-state index in [-0.39, 0.29) is 11.8 Å². The molecule has 0 saturated heterocycles. The smallest absolute Gasteiger partial charge is 0.352 e. The fourth-order valence-electron chi connectivity index (χ4n) is 2.19. The first-order valence-corrected chi connectivity index (χ1v) is 7.66. The molecule has 5 heteroatoms. The van der Waals surface area contributed by atoms with Gasteiger partial charge in [-0.05, 0) is 35.4 Å². The van der Waals surface area contributed by atoms with Crippen molar-refractivity contribution in [3.63, 3.8) is 0 Å². The number of hydrogen-bond donors (Lipinski definition) is 2. The second-order valence-electron chi connectivity index (χ2n) is 5.30. The number of benzene rings is 2. The van der Waals surface area contributed by atoms with Gasteiger partial charge in [0.05, 0.1) is 0 Å². The Morgan fingerprint density at radius 1 is 1.12 bits per heavy atom. The van der Waals surface area contributed by atoms with Crippen LogP contribution in [0.15, 0.2) is 72.9 Å². The third kappa shape index (κ3) is 5.35. The van der Waals surface area contributed by atoms with Crippen molar-refractivity contribution >= 4 is 18.0 Å². The van der Waals surface area contributed by atoms with Crippen LogP contribution in [0.2, 0.25) is 0 Å². The van der Waals surface area contributed by atoms with Crippen LogP contribution >= 0.6 is 0 Å². The first-order valence-electron chi connectivity index (χ1n) is 7.66. The molecule has 0 heterocycles. The number of rotatable bonds is 7. The SMILES string of the molecule is C=CC(Oc1ccc(C=C(NC(C)=O)C(=O)O)cc1)c1ccccc1. The maximum atomic E-state index is 11.1. The van der Waals surface area contributed by atoms with E-state index in [1.54, 1.807) is 30.3 Å². The highest BCUT2D eigenvalue weighted by molar-refractivity contribution is 5.96. The van der Waals surface area contributed by atoms with Gasteiger partial charge in [-0.2, -0.15) is 0 Å². The Morgan fingerprint density at radius 3 is 2.28 bits per heavy atom. The summed E-state index contributed by atoms with van der Waals surface area (Å²) < 4.78 is 5.90. The summed E-state index contributed by atoms with van der Waals surface area (Å²) in [6.45, 7) is 5.05. The van der Waals surface area contributed by atoms with Crippen LogP contribution in [0.4, 0.5) is 0 Å². The van der Waals surface area contributed by atoms with Gasteiger partial charge in [0.15, 0.2) is 0 Å². The topological polar surface area (TPSA) is 75.6 Å². The summed E-state index contributed by atoms with van der Waals surface area (Å²) >= 11 is 0. The zero-order chi connectivity index (χ0) is 18.2. The first-order chi connectivity index (χ1) is 12.0. The van der Waals surface area contributed by atoms with Crippen molar-refractivity contribution in [2.45, 2.75) is 13.0 Å². The maximum absolute atomic E-state index is 11.1. The van der Waals surface area contributed by atoms with Crippen molar-refractivity contribution in [3.05, 3.63) is 84.1 Å². The number of carboxylic acids is 1. The number of ether oxygens (including phenoxy) is 1. The molecule has 5 nitrogen and oxygen atoms in total. The summed E-state index contributed by atoms with van der Waals surface area (Å²) in [7, 11) is 0. The lowest BCUT2D eigenvalue weighted by atomic mass is 10.1. The Morgan fingerprint density at radius 2 is 1.76 bits per heavy atom. The number of aliphatic carboxylic acids is 1. The van der Waals surface area contributed by atoms with E-state index in [1.165, 1.54) is 13.0 Å². The third-order valence-corrected chi connectivity index (χ3v) is 3.34. The van der Waals surface area contributed by atoms with Gasteiger partial charge in [0.2, 0.25) is 5.91 Å². The molecule has 0 aromatic heterocycles. The summed E-state index contributed by atoms with van der Waals surface area (Å²) in [5, 5.41) is 11.4. The molecule has 2 N–H and O–H groups in total. The van der Waals surface area contributed by atoms with E-state index in [4.69, 9.17) is 9.84 Å². The van der Waals surface area contributed by atoms with E-state index in [1.807, 2.05) is 30.3 Å². The van der Waals surface area contributed by atoms with E-state index in [2.05, 4.69) is 11.9 Å². The second-order valence-corrected chi connectivity index (χ2v) is 5.30. The minimum atomic E-state index is -1.20. The van der Waals surface area contributed by atoms with Gasteiger partial charge >= 0.3 is 5.97 Å². The Balaban J connectivity index is 2.15.